The maximum Gasteiger partial charge on any atom is 0.100 e. The zero-order valence-corrected chi connectivity index (χ0v) is 15.5. The van der Waals surface area contributed by atoms with Crippen LogP contribution < -0.4 is 0 Å². The van der Waals surface area contributed by atoms with Crippen molar-refractivity contribution in [2.24, 2.45) is 28.2 Å². The summed E-state index contributed by atoms with van der Waals surface area (Å²) in [6.45, 7) is 10.6. The number of allylic oxidation sites excluding steroid dienone is 5. The van der Waals surface area contributed by atoms with Gasteiger partial charge in [0.05, 0.1) is 0 Å². The lowest BCUT2D eigenvalue weighted by molar-refractivity contribution is 0.00988. The molecule has 3 unspecified atom stereocenters. The number of nitrogens with zero attached hydrogens (tertiary/aromatic N) is 1. The van der Waals surface area contributed by atoms with Crippen LogP contribution in [0.5, 0.6) is 0 Å². The van der Waals surface area contributed by atoms with E-state index in [-0.39, 0.29) is 12.6 Å². The molecule has 2 heteroatoms. The molecule has 0 aromatic carbocycles. The number of aliphatic imine (C=N–C) groups is 1. The number of halogens is 1. The van der Waals surface area contributed by atoms with Crippen LogP contribution in [-0.2, 0) is 0 Å². The van der Waals surface area contributed by atoms with Gasteiger partial charge < -0.3 is 0 Å². The summed E-state index contributed by atoms with van der Waals surface area (Å²) in [6.07, 6.45) is 9.99. The molecule has 24 heavy (non-hydrogen) atoms. The molecule has 0 aromatic rings. The van der Waals surface area contributed by atoms with Gasteiger partial charge in [0.1, 0.15) is 6.67 Å². The molecule has 0 N–H and O–H groups in total. The average molecular weight is 327 g/mol. The molecule has 2 rings (SSSR count). The summed E-state index contributed by atoms with van der Waals surface area (Å²) < 4.78 is 12.1. The Morgan fingerprint density at radius 1 is 1.46 bits per heavy atom. The van der Waals surface area contributed by atoms with Gasteiger partial charge in [-0.3, -0.25) is 9.38 Å². The smallest absolute Gasteiger partial charge is 0.100 e. The van der Waals surface area contributed by atoms with Crippen molar-refractivity contribution in [1.29, 1.82) is 0 Å². The van der Waals surface area contributed by atoms with Crippen LogP contribution in [0.1, 0.15) is 46.5 Å². The first-order valence-corrected chi connectivity index (χ1v) is 8.94. The number of rotatable bonds is 5. The summed E-state index contributed by atoms with van der Waals surface area (Å²) in [5.74, 6) is 7.53. The first kappa shape index (κ1) is 18.7. The van der Waals surface area contributed by atoms with Crippen LogP contribution in [0.25, 0.3) is 0 Å². The van der Waals surface area contributed by atoms with Crippen molar-refractivity contribution in [3.05, 3.63) is 36.0 Å². The second kappa shape index (κ2) is 7.97. The molecule has 1 fully saturated rings. The highest BCUT2D eigenvalue weighted by Crippen LogP contribution is 2.55. The van der Waals surface area contributed by atoms with Crippen molar-refractivity contribution in [3.8, 4) is 11.8 Å². The number of hydrogen-bond acceptors (Lipinski definition) is 1. The second-order valence-electron chi connectivity index (χ2n) is 7.65. The van der Waals surface area contributed by atoms with Crippen LogP contribution >= 0.6 is 0 Å². The van der Waals surface area contributed by atoms with Crippen molar-refractivity contribution in [2.45, 2.75) is 46.5 Å². The van der Waals surface area contributed by atoms with Crippen LogP contribution in [0.15, 0.2) is 40.9 Å². The Morgan fingerprint density at radius 2 is 2.21 bits per heavy atom. The minimum absolute atomic E-state index is 0.214. The zero-order valence-electron chi connectivity index (χ0n) is 15.5. The molecule has 0 saturated heterocycles. The summed E-state index contributed by atoms with van der Waals surface area (Å²) in [5.41, 5.74) is 4.04. The second-order valence-corrected chi connectivity index (χ2v) is 7.65. The Balaban J connectivity index is 1.96. The first-order chi connectivity index (χ1) is 11.4. The van der Waals surface area contributed by atoms with Crippen molar-refractivity contribution in [2.75, 3.05) is 13.7 Å². The Morgan fingerprint density at radius 3 is 2.71 bits per heavy atom. The van der Waals surface area contributed by atoms with E-state index in [2.05, 4.69) is 62.4 Å². The minimum Gasteiger partial charge on any atom is -0.292 e. The first-order valence-electron chi connectivity index (χ1n) is 8.94. The monoisotopic (exact) mass is 327 g/mol. The van der Waals surface area contributed by atoms with E-state index < -0.39 is 0 Å². The van der Waals surface area contributed by atoms with Gasteiger partial charge in [0.15, 0.2) is 0 Å². The summed E-state index contributed by atoms with van der Waals surface area (Å²) in [6, 6.07) is 0. The van der Waals surface area contributed by atoms with E-state index in [1.807, 2.05) is 7.05 Å². The summed E-state index contributed by atoms with van der Waals surface area (Å²) >= 11 is 0. The highest BCUT2D eigenvalue weighted by molar-refractivity contribution is 6.02. The lowest BCUT2D eigenvalue weighted by atomic mass is 9.51. The highest BCUT2D eigenvalue weighted by Gasteiger charge is 2.48. The lowest BCUT2D eigenvalue weighted by Crippen LogP contribution is -2.46. The fraction of sp³-hybridized carbons (Fsp3) is 0.591. The van der Waals surface area contributed by atoms with Crippen molar-refractivity contribution < 1.29 is 4.39 Å². The van der Waals surface area contributed by atoms with E-state index in [1.54, 1.807) is 0 Å². The molecule has 2 aliphatic rings. The van der Waals surface area contributed by atoms with Gasteiger partial charge in [-0.15, -0.1) is 0 Å². The number of hydrogen-bond donors (Lipinski definition) is 0. The SMILES string of the molecule is C=C(C)C1CC(CC(=NC)C2=CCC(C#CCCF)C=C2)C1(C)C. The predicted octanol–water partition coefficient (Wildman–Crippen LogP) is 5.55. The van der Waals surface area contributed by atoms with E-state index >= 15 is 0 Å². The van der Waals surface area contributed by atoms with E-state index in [1.165, 1.54) is 23.3 Å². The van der Waals surface area contributed by atoms with E-state index in [4.69, 9.17) is 0 Å². The van der Waals surface area contributed by atoms with Gasteiger partial charge in [0, 0.05) is 25.1 Å². The molecule has 1 nitrogen and oxygen atoms in total. The fourth-order valence-electron chi connectivity index (χ4n) is 3.96. The molecule has 130 valence electrons. The van der Waals surface area contributed by atoms with Crippen LogP contribution in [0, 0.1) is 35.0 Å². The fourth-order valence-corrected chi connectivity index (χ4v) is 3.96. The Hall–Kier alpha value is -1.62. The molecule has 0 spiro atoms. The Bertz CT molecular complexity index is 624. The third kappa shape index (κ3) is 4.07. The molecule has 3 atom stereocenters. The minimum atomic E-state index is -0.362. The van der Waals surface area contributed by atoms with Crippen LogP contribution in [0.2, 0.25) is 0 Å². The Kier molecular flexibility index (Phi) is 6.21. The van der Waals surface area contributed by atoms with Crippen molar-refractivity contribution in [3.63, 3.8) is 0 Å². The van der Waals surface area contributed by atoms with E-state index in [0.717, 1.165) is 12.8 Å². The third-order valence-electron chi connectivity index (χ3n) is 5.72. The van der Waals surface area contributed by atoms with Gasteiger partial charge in [-0.05, 0) is 49.0 Å². The van der Waals surface area contributed by atoms with Gasteiger partial charge in [-0.25, -0.2) is 0 Å². The third-order valence-corrected chi connectivity index (χ3v) is 5.72. The molecule has 2 aliphatic carbocycles. The molecule has 0 heterocycles. The summed E-state index contributed by atoms with van der Waals surface area (Å²) in [4.78, 5) is 4.56. The van der Waals surface area contributed by atoms with E-state index in [0.29, 0.717) is 23.7 Å². The number of alkyl halides is 1. The van der Waals surface area contributed by atoms with Gasteiger partial charge >= 0.3 is 0 Å². The van der Waals surface area contributed by atoms with Gasteiger partial charge in [-0.1, -0.05) is 56.1 Å². The molecule has 0 bridgehead atoms. The van der Waals surface area contributed by atoms with E-state index in [9.17, 15) is 4.39 Å². The molecule has 0 aromatic heterocycles. The molecule has 0 aliphatic heterocycles. The van der Waals surface area contributed by atoms with Gasteiger partial charge in [-0.2, -0.15) is 0 Å². The largest absolute Gasteiger partial charge is 0.292 e. The molecule has 1 saturated carbocycles. The lowest BCUT2D eigenvalue weighted by Gasteiger charge is -2.53. The average Bonchev–Trinajstić information content (AvgIpc) is 2.55. The molecular formula is C22H30FN. The maximum absolute atomic E-state index is 12.1. The molecule has 0 amide bonds. The maximum atomic E-state index is 12.1. The standard InChI is InChI=1S/C22H30FN/c1-16(2)20-14-19(22(20,3)4)15-21(24-5)18-11-9-17(10-12-18)8-6-7-13-23/h9,11-12,17,19-20H,1,7,10,13-15H2,2-5H3. The molecular weight excluding hydrogens is 297 g/mol. The zero-order chi connectivity index (χ0) is 17.7. The topological polar surface area (TPSA) is 12.4 Å². The van der Waals surface area contributed by atoms with Crippen LogP contribution in [-0.4, -0.2) is 19.4 Å². The van der Waals surface area contributed by atoms with Crippen molar-refractivity contribution in [1.82, 2.24) is 0 Å². The normalized spacial score (nSPS) is 28.5. The van der Waals surface area contributed by atoms with Gasteiger partial charge in [0.2, 0.25) is 0 Å². The molecule has 0 radical (unpaired) electrons. The predicted molar refractivity (Wildman–Crippen MR) is 102 cm³/mol. The van der Waals surface area contributed by atoms with Crippen molar-refractivity contribution >= 4 is 5.71 Å². The summed E-state index contributed by atoms with van der Waals surface area (Å²) in [7, 11) is 1.89. The quantitative estimate of drug-likeness (QED) is 0.356. The van der Waals surface area contributed by atoms with Crippen LogP contribution in [0.4, 0.5) is 4.39 Å². The Labute approximate surface area is 146 Å². The van der Waals surface area contributed by atoms with Crippen LogP contribution in [0.3, 0.4) is 0 Å². The highest BCUT2D eigenvalue weighted by atomic mass is 19.1. The summed E-state index contributed by atoms with van der Waals surface area (Å²) in [5, 5.41) is 0. The van der Waals surface area contributed by atoms with Gasteiger partial charge in [0.25, 0.3) is 0 Å².